The molecule has 0 radical (unpaired) electrons. The Labute approximate surface area is 281 Å². The zero-order valence-electron chi connectivity index (χ0n) is 30.7. The largest absolute Gasteiger partial charge is 0.462 e. The van der Waals surface area contributed by atoms with E-state index in [1.165, 1.54) is 167 Å². The van der Waals surface area contributed by atoms with Crippen molar-refractivity contribution >= 4 is 11.9 Å². The van der Waals surface area contributed by atoms with Gasteiger partial charge in [-0.25, -0.2) is 0 Å². The fourth-order valence-electron chi connectivity index (χ4n) is 6.09. The summed E-state index contributed by atoms with van der Waals surface area (Å²) in [6, 6.07) is 0. The van der Waals surface area contributed by atoms with Gasteiger partial charge in [-0.2, -0.15) is 0 Å². The van der Waals surface area contributed by atoms with Crippen molar-refractivity contribution in [1.29, 1.82) is 0 Å². The minimum atomic E-state index is -0.524. The molecule has 0 bridgehead atoms. The maximum absolute atomic E-state index is 12.3. The van der Waals surface area contributed by atoms with Crippen LogP contribution in [0.15, 0.2) is 0 Å². The molecular formula is C40H78O5. The second-order valence-corrected chi connectivity index (χ2v) is 13.6. The first-order valence-electron chi connectivity index (χ1n) is 20.0. The minimum absolute atomic E-state index is 0.0794. The third-order valence-electron chi connectivity index (χ3n) is 9.05. The molecule has 0 heterocycles. The van der Waals surface area contributed by atoms with Crippen molar-refractivity contribution in [3.63, 3.8) is 0 Å². The smallest absolute Gasteiger partial charge is 0.306 e. The van der Waals surface area contributed by atoms with E-state index in [1.807, 2.05) is 0 Å². The van der Waals surface area contributed by atoms with Crippen molar-refractivity contribution in [3.05, 3.63) is 0 Å². The quantitative estimate of drug-likeness (QED) is 0.0500. The first kappa shape index (κ1) is 43.9. The Bertz CT molecular complexity index is 607. The Hall–Kier alpha value is -1.10. The molecule has 0 amide bonds. The lowest BCUT2D eigenvalue weighted by Gasteiger charge is -2.17. The monoisotopic (exact) mass is 639 g/mol. The van der Waals surface area contributed by atoms with Gasteiger partial charge in [-0.3, -0.25) is 9.59 Å². The molecule has 0 spiro atoms. The molecule has 1 unspecified atom stereocenters. The van der Waals surface area contributed by atoms with Crippen LogP contribution in [0.25, 0.3) is 0 Å². The number of carbonyl (C=O) groups is 2. The molecule has 1 atom stereocenters. The normalized spacial score (nSPS) is 12.0. The highest BCUT2D eigenvalue weighted by Gasteiger charge is 2.17. The van der Waals surface area contributed by atoms with E-state index in [2.05, 4.69) is 13.8 Å². The molecule has 0 aromatic carbocycles. The van der Waals surface area contributed by atoms with Crippen LogP contribution in [-0.2, 0) is 23.8 Å². The van der Waals surface area contributed by atoms with Crippen molar-refractivity contribution < 1.29 is 23.8 Å². The molecule has 0 saturated heterocycles. The molecule has 0 aliphatic carbocycles. The van der Waals surface area contributed by atoms with Crippen LogP contribution in [0.1, 0.15) is 219 Å². The summed E-state index contributed by atoms with van der Waals surface area (Å²) in [5, 5.41) is 0. The Kier molecular flexibility index (Phi) is 36.4. The summed E-state index contributed by atoms with van der Waals surface area (Å²) >= 11 is 0. The van der Waals surface area contributed by atoms with Crippen LogP contribution < -0.4 is 0 Å². The molecule has 5 nitrogen and oxygen atoms in total. The number of methoxy groups -OCH3 is 1. The van der Waals surface area contributed by atoms with Crippen LogP contribution in [0.3, 0.4) is 0 Å². The average molecular weight is 639 g/mol. The van der Waals surface area contributed by atoms with Crippen molar-refractivity contribution in [2.75, 3.05) is 20.3 Å². The Morgan fingerprint density at radius 3 is 1.00 bits per heavy atom. The van der Waals surface area contributed by atoms with E-state index in [4.69, 9.17) is 14.2 Å². The molecule has 0 aliphatic heterocycles. The Morgan fingerprint density at radius 1 is 0.400 bits per heavy atom. The van der Waals surface area contributed by atoms with Gasteiger partial charge in [0.15, 0.2) is 6.10 Å². The van der Waals surface area contributed by atoms with Crippen LogP contribution in [0.4, 0.5) is 0 Å². The summed E-state index contributed by atoms with van der Waals surface area (Å²) in [4.78, 5) is 24.5. The third-order valence-corrected chi connectivity index (χ3v) is 9.05. The first-order chi connectivity index (χ1) is 22.1. The van der Waals surface area contributed by atoms with Crippen LogP contribution in [0, 0.1) is 0 Å². The molecule has 0 N–H and O–H groups in total. The predicted octanol–water partition coefficient (Wildman–Crippen LogP) is 12.6. The van der Waals surface area contributed by atoms with Crippen molar-refractivity contribution in [1.82, 2.24) is 0 Å². The highest BCUT2D eigenvalue weighted by atomic mass is 16.6. The summed E-state index contributed by atoms with van der Waals surface area (Å²) in [6.45, 7) is 4.88. The standard InChI is InChI=1S/C40H78O5/c1-4-6-8-10-12-14-16-18-20-22-24-26-28-30-32-34-39(41)44-37-38(36-43-3)45-40(42)35-33-31-29-27-25-23-21-19-17-15-13-11-9-7-5-2/h38H,4-37H2,1-3H3. The molecule has 0 aromatic rings. The number of hydrogen-bond acceptors (Lipinski definition) is 5. The molecule has 0 saturated carbocycles. The number of unbranched alkanes of at least 4 members (excludes halogenated alkanes) is 28. The second kappa shape index (κ2) is 37.4. The van der Waals surface area contributed by atoms with Crippen LogP contribution in [0.2, 0.25) is 0 Å². The number of carbonyl (C=O) groups excluding carboxylic acids is 2. The van der Waals surface area contributed by atoms with Gasteiger partial charge in [-0.15, -0.1) is 0 Å². The van der Waals surface area contributed by atoms with E-state index in [9.17, 15) is 9.59 Å². The van der Waals surface area contributed by atoms with Gasteiger partial charge in [0, 0.05) is 20.0 Å². The first-order valence-corrected chi connectivity index (χ1v) is 20.0. The number of ether oxygens (including phenoxy) is 3. The number of rotatable bonds is 37. The van der Waals surface area contributed by atoms with Gasteiger partial charge in [-0.1, -0.05) is 194 Å². The zero-order valence-corrected chi connectivity index (χ0v) is 30.7. The summed E-state index contributed by atoms with van der Waals surface area (Å²) in [6.07, 6.45) is 39.5. The van der Waals surface area contributed by atoms with Gasteiger partial charge in [0.25, 0.3) is 0 Å². The number of esters is 2. The Morgan fingerprint density at radius 2 is 0.689 bits per heavy atom. The van der Waals surface area contributed by atoms with Gasteiger partial charge >= 0.3 is 11.9 Å². The van der Waals surface area contributed by atoms with Crippen LogP contribution in [0.5, 0.6) is 0 Å². The lowest BCUT2D eigenvalue weighted by molar-refractivity contribution is -0.162. The fraction of sp³-hybridized carbons (Fsp3) is 0.950. The van der Waals surface area contributed by atoms with E-state index >= 15 is 0 Å². The molecule has 268 valence electrons. The third kappa shape index (κ3) is 35.6. The van der Waals surface area contributed by atoms with Crippen LogP contribution >= 0.6 is 0 Å². The number of hydrogen-bond donors (Lipinski definition) is 0. The highest BCUT2D eigenvalue weighted by molar-refractivity contribution is 5.70. The van der Waals surface area contributed by atoms with Gasteiger partial charge in [0.1, 0.15) is 6.61 Å². The SMILES string of the molecule is CCCCCCCCCCCCCCCCCC(=O)OCC(COC)OC(=O)CCCCCCCCCCCCCCCCC. The summed E-state index contributed by atoms with van der Waals surface area (Å²) < 4.78 is 16.2. The lowest BCUT2D eigenvalue weighted by Crippen LogP contribution is -2.29. The Balaban J connectivity index is 3.59. The van der Waals surface area contributed by atoms with Crippen molar-refractivity contribution in [2.45, 2.75) is 225 Å². The van der Waals surface area contributed by atoms with Gasteiger partial charge < -0.3 is 14.2 Å². The molecule has 45 heavy (non-hydrogen) atoms. The van der Waals surface area contributed by atoms with E-state index in [0.717, 1.165) is 25.7 Å². The molecule has 5 heteroatoms. The molecule has 0 rings (SSSR count). The molecular weight excluding hydrogens is 560 g/mol. The predicted molar refractivity (Wildman–Crippen MR) is 192 cm³/mol. The van der Waals surface area contributed by atoms with Crippen molar-refractivity contribution in [2.24, 2.45) is 0 Å². The lowest BCUT2D eigenvalue weighted by atomic mass is 10.0. The highest BCUT2D eigenvalue weighted by Crippen LogP contribution is 2.16. The summed E-state index contributed by atoms with van der Waals surface area (Å²) in [5.74, 6) is -0.422. The van der Waals surface area contributed by atoms with Gasteiger partial charge in [-0.05, 0) is 12.8 Å². The maximum atomic E-state index is 12.3. The maximum Gasteiger partial charge on any atom is 0.306 e. The summed E-state index contributed by atoms with van der Waals surface area (Å²) in [7, 11) is 1.58. The van der Waals surface area contributed by atoms with Crippen LogP contribution in [-0.4, -0.2) is 38.4 Å². The topological polar surface area (TPSA) is 61.8 Å². The molecule has 0 fully saturated rings. The molecule has 0 aliphatic rings. The van der Waals surface area contributed by atoms with Gasteiger partial charge in [0.2, 0.25) is 0 Å². The van der Waals surface area contributed by atoms with E-state index in [-0.39, 0.29) is 25.2 Å². The van der Waals surface area contributed by atoms with E-state index in [0.29, 0.717) is 12.8 Å². The van der Waals surface area contributed by atoms with Gasteiger partial charge in [0.05, 0.1) is 6.61 Å². The van der Waals surface area contributed by atoms with Crippen molar-refractivity contribution in [3.8, 4) is 0 Å². The van der Waals surface area contributed by atoms with E-state index < -0.39 is 6.10 Å². The second-order valence-electron chi connectivity index (χ2n) is 13.6. The zero-order chi connectivity index (χ0) is 32.9. The average Bonchev–Trinajstić information content (AvgIpc) is 3.03. The fourth-order valence-corrected chi connectivity index (χ4v) is 6.09. The molecule has 0 aromatic heterocycles. The minimum Gasteiger partial charge on any atom is -0.462 e. The van der Waals surface area contributed by atoms with E-state index in [1.54, 1.807) is 7.11 Å². The summed E-state index contributed by atoms with van der Waals surface area (Å²) in [5.41, 5.74) is 0.